The second kappa shape index (κ2) is 5.05. The summed E-state index contributed by atoms with van der Waals surface area (Å²) in [6.07, 6.45) is -0.970. The van der Waals surface area contributed by atoms with Gasteiger partial charge >= 0.3 is 5.97 Å². The SMILES string of the molecule is O=C(O)[C@H](O)N1C(=O)CCCN1c1ccccc1. The Morgan fingerprint density at radius 3 is 2.56 bits per heavy atom. The van der Waals surface area contributed by atoms with Crippen LogP contribution in [0.15, 0.2) is 30.3 Å². The normalized spacial score (nSPS) is 17.7. The van der Waals surface area contributed by atoms with Crippen LogP contribution in [-0.2, 0) is 9.59 Å². The van der Waals surface area contributed by atoms with Crippen LogP contribution in [0.5, 0.6) is 0 Å². The molecule has 18 heavy (non-hydrogen) atoms. The van der Waals surface area contributed by atoms with Crippen LogP contribution in [0.25, 0.3) is 0 Å². The number of aliphatic hydroxyl groups excluding tert-OH is 1. The number of rotatable bonds is 3. The van der Waals surface area contributed by atoms with Crippen molar-refractivity contribution in [3.8, 4) is 0 Å². The lowest BCUT2D eigenvalue weighted by atomic mass is 10.2. The number of hydrogen-bond acceptors (Lipinski definition) is 4. The third-order valence-electron chi connectivity index (χ3n) is 2.78. The van der Waals surface area contributed by atoms with Crippen molar-refractivity contribution < 1.29 is 19.8 Å². The maximum atomic E-state index is 11.8. The Morgan fingerprint density at radius 2 is 1.94 bits per heavy atom. The van der Waals surface area contributed by atoms with Crippen molar-refractivity contribution in [3.05, 3.63) is 30.3 Å². The Morgan fingerprint density at radius 1 is 1.28 bits per heavy atom. The van der Waals surface area contributed by atoms with E-state index >= 15 is 0 Å². The smallest absolute Gasteiger partial charge is 0.355 e. The van der Waals surface area contributed by atoms with Crippen LogP contribution in [0.2, 0.25) is 0 Å². The molecule has 0 aliphatic carbocycles. The van der Waals surface area contributed by atoms with Gasteiger partial charge in [-0.15, -0.1) is 0 Å². The molecule has 2 N–H and O–H groups in total. The molecule has 1 heterocycles. The van der Waals surface area contributed by atoms with Crippen molar-refractivity contribution in [2.75, 3.05) is 11.6 Å². The van der Waals surface area contributed by atoms with Gasteiger partial charge in [-0.1, -0.05) is 18.2 Å². The van der Waals surface area contributed by atoms with Crippen LogP contribution < -0.4 is 5.01 Å². The predicted octanol–water partition coefficient (Wildman–Crippen LogP) is 0.433. The van der Waals surface area contributed by atoms with Crippen LogP contribution in [-0.4, -0.2) is 39.9 Å². The number of anilines is 1. The highest BCUT2D eigenvalue weighted by molar-refractivity contribution is 5.85. The predicted molar refractivity (Wildman–Crippen MR) is 63.5 cm³/mol. The van der Waals surface area contributed by atoms with Gasteiger partial charge in [0.05, 0.1) is 5.69 Å². The van der Waals surface area contributed by atoms with Gasteiger partial charge in [-0.3, -0.25) is 9.80 Å². The van der Waals surface area contributed by atoms with Crippen LogP contribution in [0.1, 0.15) is 12.8 Å². The number of carbonyl (C=O) groups excluding carboxylic acids is 1. The van der Waals surface area contributed by atoms with E-state index in [4.69, 9.17) is 5.11 Å². The number of nitrogens with zero attached hydrogens (tertiary/aromatic N) is 2. The van der Waals surface area contributed by atoms with Crippen molar-refractivity contribution in [1.29, 1.82) is 0 Å². The van der Waals surface area contributed by atoms with Gasteiger partial charge in [-0.2, -0.15) is 0 Å². The fraction of sp³-hybridized carbons (Fsp3) is 0.333. The molecule has 6 heteroatoms. The van der Waals surface area contributed by atoms with Gasteiger partial charge in [-0.25, -0.2) is 9.80 Å². The second-order valence-corrected chi connectivity index (χ2v) is 4.01. The topological polar surface area (TPSA) is 81.1 Å². The van der Waals surface area contributed by atoms with Gasteiger partial charge in [0.25, 0.3) is 0 Å². The van der Waals surface area contributed by atoms with E-state index in [1.54, 1.807) is 24.3 Å². The summed E-state index contributed by atoms with van der Waals surface area (Å²) in [4.78, 5) is 22.6. The summed E-state index contributed by atoms with van der Waals surface area (Å²) in [5, 5.41) is 20.9. The molecule has 0 unspecified atom stereocenters. The average molecular weight is 250 g/mol. The molecule has 1 aromatic carbocycles. The highest BCUT2D eigenvalue weighted by atomic mass is 16.4. The van der Waals surface area contributed by atoms with Crippen LogP contribution in [0, 0.1) is 0 Å². The number of para-hydroxylation sites is 1. The highest BCUT2D eigenvalue weighted by Crippen LogP contribution is 2.23. The molecule has 1 aliphatic heterocycles. The number of carboxylic acids is 1. The zero-order valence-corrected chi connectivity index (χ0v) is 9.69. The van der Waals surface area contributed by atoms with Crippen molar-refractivity contribution in [1.82, 2.24) is 5.01 Å². The summed E-state index contributed by atoms with van der Waals surface area (Å²) in [6.45, 7) is 0.500. The zero-order chi connectivity index (χ0) is 13.1. The summed E-state index contributed by atoms with van der Waals surface area (Å²) in [6, 6.07) is 8.94. The van der Waals surface area contributed by atoms with E-state index in [1.807, 2.05) is 6.07 Å². The van der Waals surface area contributed by atoms with Crippen LogP contribution >= 0.6 is 0 Å². The summed E-state index contributed by atoms with van der Waals surface area (Å²) in [5.74, 6) is -1.83. The number of carboxylic acid groups (broad SMARTS) is 1. The maximum Gasteiger partial charge on any atom is 0.355 e. The summed E-state index contributed by atoms with van der Waals surface area (Å²) >= 11 is 0. The molecule has 6 nitrogen and oxygen atoms in total. The number of amides is 1. The lowest BCUT2D eigenvalue weighted by Gasteiger charge is -2.40. The van der Waals surface area contributed by atoms with Gasteiger partial charge < -0.3 is 10.2 Å². The number of hydrazine groups is 1. The molecule has 0 radical (unpaired) electrons. The molecule has 1 aliphatic rings. The molecule has 1 fully saturated rings. The van der Waals surface area contributed by atoms with Crippen molar-refractivity contribution in [2.24, 2.45) is 0 Å². The van der Waals surface area contributed by atoms with E-state index in [0.717, 1.165) is 5.01 Å². The number of benzene rings is 1. The van der Waals surface area contributed by atoms with E-state index in [0.29, 0.717) is 18.7 Å². The van der Waals surface area contributed by atoms with E-state index in [9.17, 15) is 14.7 Å². The lowest BCUT2D eigenvalue weighted by molar-refractivity contribution is -0.167. The average Bonchev–Trinajstić information content (AvgIpc) is 2.38. The summed E-state index contributed by atoms with van der Waals surface area (Å²) in [5.41, 5.74) is 0.686. The molecule has 0 aromatic heterocycles. The van der Waals surface area contributed by atoms with Crippen molar-refractivity contribution in [3.63, 3.8) is 0 Å². The second-order valence-electron chi connectivity index (χ2n) is 4.01. The summed E-state index contributed by atoms with van der Waals surface area (Å²) in [7, 11) is 0. The van der Waals surface area contributed by atoms with E-state index in [2.05, 4.69) is 0 Å². The minimum Gasteiger partial charge on any atom is -0.478 e. The molecule has 1 amide bonds. The van der Waals surface area contributed by atoms with Gasteiger partial charge in [0.2, 0.25) is 12.1 Å². The van der Waals surface area contributed by atoms with Crippen LogP contribution in [0.3, 0.4) is 0 Å². The minimum atomic E-state index is -1.85. The Balaban J connectivity index is 2.31. The van der Waals surface area contributed by atoms with E-state index in [-0.39, 0.29) is 12.3 Å². The molecule has 1 saturated heterocycles. The van der Waals surface area contributed by atoms with Gasteiger partial charge in [-0.05, 0) is 18.6 Å². The van der Waals surface area contributed by atoms with Gasteiger partial charge in [0.15, 0.2) is 0 Å². The largest absolute Gasteiger partial charge is 0.478 e. The standard InChI is InChI=1S/C12H14N2O4/c15-10-7-4-8-13(9-5-2-1-3-6-9)14(10)11(16)12(17)18/h1-3,5-6,11,16H,4,7-8H2,(H,17,18)/t11-/m0/s1. The van der Waals surface area contributed by atoms with Crippen LogP contribution in [0.4, 0.5) is 5.69 Å². The molecular weight excluding hydrogens is 236 g/mol. The molecule has 1 aromatic rings. The first-order valence-electron chi connectivity index (χ1n) is 5.66. The monoisotopic (exact) mass is 250 g/mol. The molecule has 0 bridgehead atoms. The fourth-order valence-electron chi connectivity index (χ4n) is 1.96. The molecule has 0 spiro atoms. The number of hydrogen-bond donors (Lipinski definition) is 2. The zero-order valence-electron chi connectivity index (χ0n) is 9.69. The Labute approximate surface area is 104 Å². The van der Waals surface area contributed by atoms with Gasteiger partial charge in [0.1, 0.15) is 0 Å². The quantitative estimate of drug-likeness (QED) is 0.813. The molecule has 96 valence electrons. The number of carbonyl (C=O) groups is 2. The number of aliphatic carboxylic acids is 1. The maximum absolute atomic E-state index is 11.8. The van der Waals surface area contributed by atoms with E-state index in [1.165, 1.54) is 5.01 Å². The molecule has 1 atom stereocenters. The highest BCUT2D eigenvalue weighted by Gasteiger charge is 2.35. The number of aliphatic hydroxyl groups is 1. The van der Waals surface area contributed by atoms with Crippen molar-refractivity contribution >= 4 is 17.6 Å². The third-order valence-corrected chi connectivity index (χ3v) is 2.78. The van der Waals surface area contributed by atoms with Gasteiger partial charge in [0, 0.05) is 13.0 Å². The van der Waals surface area contributed by atoms with Crippen molar-refractivity contribution in [2.45, 2.75) is 19.1 Å². The first-order valence-corrected chi connectivity index (χ1v) is 5.66. The molecule has 2 rings (SSSR count). The first kappa shape index (κ1) is 12.4. The minimum absolute atomic E-state index is 0.244. The first-order chi connectivity index (χ1) is 8.61. The Hall–Kier alpha value is -2.08. The Bertz CT molecular complexity index is 449. The van der Waals surface area contributed by atoms with E-state index < -0.39 is 12.2 Å². The molecule has 0 saturated carbocycles. The lowest BCUT2D eigenvalue weighted by Crippen LogP contribution is -2.58. The summed E-state index contributed by atoms with van der Waals surface area (Å²) < 4.78 is 0. The molecular formula is C12H14N2O4. The third kappa shape index (κ3) is 2.28. The Kier molecular flexibility index (Phi) is 3.47. The fourth-order valence-corrected chi connectivity index (χ4v) is 1.96.